The topological polar surface area (TPSA) is 42.9 Å². The van der Waals surface area contributed by atoms with Crippen molar-refractivity contribution < 1.29 is 0 Å². The van der Waals surface area contributed by atoms with Crippen molar-refractivity contribution in [2.75, 3.05) is 52.9 Å². The summed E-state index contributed by atoms with van der Waals surface area (Å²) in [4.78, 5) is 9.58. The Morgan fingerprint density at radius 1 is 1.12 bits per heavy atom. The van der Waals surface area contributed by atoms with E-state index in [0.717, 1.165) is 25.1 Å². The van der Waals surface area contributed by atoms with Crippen LogP contribution in [0.2, 0.25) is 0 Å². The number of nitrogens with zero attached hydrogens (tertiary/aromatic N) is 3. The van der Waals surface area contributed by atoms with Gasteiger partial charge in [-0.2, -0.15) is 0 Å². The highest BCUT2D eigenvalue weighted by molar-refractivity contribution is 14.0. The number of piperidine rings is 1. The highest BCUT2D eigenvalue weighted by atomic mass is 127. The zero-order valence-electron chi connectivity index (χ0n) is 16.6. The minimum atomic E-state index is 0. The largest absolute Gasteiger partial charge is 0.356 e. The average molecular weight is 465 g/mol. The molecule has 2 N–H and O–H groups in total. The van der Waals surface area contributed by atoms with Gasteiger partial charge in [-0.1, -0.05) is 13.3 Å². The van der Waals surface area contributed by atoms with E-state index in [1.807, 2.05) is 7.05 Å². The second kappa shape index (κ2) is 13.1. The van der Waals surface area contributed by atoms with Gasteiger partial charge in [-0.15, -0.1) is 24.0 Å². The van der Waals surface area contributed by atoms with Gasteiger partial charge in [0.25, 0.3) is 0 Å². The quantitative estimate of drug-likeness (QED) is 0.251. The van der Waals surface area contributed by atoms with Crippen molar-refractivity contribution in [1.29, 1.82) is 0 Å². The minimum Gasteiger partial charge on any atom is -0.356 e. The predicted octanol–water partition coefficient (Wildman–Crippen LogP) is 2.77. The fraction of sp³-hybridized carbons (Fsp3) is 0.947. The molecular formula is C19H40IN5. The molecule has 6 heteroatoms. The lowest BCUT2D eigenvalue weighted by molar-refractivity contribution is 0.159. The third kappa shape index (κ3) is 8.91. The first-order chi connectivity index (χ1) is 11.7. The fourth-order valence-corrected chi connectivity index (χ4v) is 3.94. The van der Waals surface area contributed by atoms with Crippen molar-refractivity contribution in [2.24, 2.45) is 10.9 Å². The second-order valence-corrected chi connectivity index (χ2v) is 7.73. The molecule has 0 radical (unpaired) electrons. The Morgan fingerprint density at radius 3 is 2.52 bits per heavy atom. The summed E-state index contributed by atoms with van der Waals surface area (Å²) in [7, 11) is 1.87. The molecule has 148 valence electrons. The highest BCUT2D eigenvalue weighted by Gasteiger charge is 2.17. The summed E-state index contributed by atoms with van der Waals surface area (Å²) in [5.74, 6) is 1.62. The first kappa shape index (κ1) is 23.0. The molecule has 2 heterocycles. The SMILES string of the molecule is CN=C(NCCCN1CCCCC1C)NCC(C)CN1CCCC1.I. The lowest BCUT2D eigenvalue weighted by Gasteiger charge is -2.33. The molecule has 2 saturated heterocycles. The molecule has 0 aromatic rings. The molecule has 0 aliphatic carbocycles. The Balaban J connectivity index is 0.00000312. The van der Waals surface area contributed by atoms with Gasteiger partial charge in [0.2, 0.25) is 0 Å². The molecular weight excluding hydrogens is 425 g/mol. The van der Waals surface area contributed by atoms with Gasteiger partial charge < -0.3 is 20.4 Å². The van der Waals surface area contributed by atoms with Gasteiger partial charge in [-0.3, -0.25) is 4.99 Å². The van der Waals surface area contributed by atoms with Gasteiger partial charge in [0.1, 0.15) is 0 Å². The maximum absolute atomic E-state index is 4.36. The van der Waals surface area contributed by atoms with E-state index >= 15 is 0 Å². The summed E-state index contributed by atoms with van der Waals surface area (Å²) in [5, 5.41) is 6.96. The number of rotatable bonds is 8. The van der Waals surface area contributed by atoms with Crippen LogP contribution in [0.1, 0.15) is 52.4 Å². The maximum Gasteiger partial charge on any atom is 0.190 e. The molecule has 25 heavy (non-hydrogen) atoms. The van der Waals surface area contributed by atoms with Crippen molar-refractivity contribution >= 4 is 29.9 Å². The van der Waals surface area contributed by atoms with Crippen LogP contribution in [0.4, 0.5) is 0 Å². The van der Waals surface area contributed by atoms with E-state index in [9.17, 15) is 0 Å². The first-order valence-electron chi connectivity index (χ1n) is 10.1. The van der Waals surface area contributed by atoms with Crippen LogP contribution in [-0.4, -0.2) is 74.7 Å². The Hall–Kier alpha value is -0.0800. The number of likely N-dealkylation sites (tertiary alicyclic amines) is 2. The number of hydrogen-bond acceptors (Lipinski definition) is 3. The smallest absolute Gasteiger partial charge is 0.190 e. The minimum absolute atomic E-state index is 0. The van der Waals surface area contributed by atoms with E-state index in [1.165, 1.54) is 71.2 Å². The third-order valence-corrected chi connectivity index (χ3v) is 5.47. The molecule has 2 unspecified atom stereocenters. The predicted molar refractivity (Wildman–Crippen MR) is 119 cm³/mol. The zero-order valence-corrected chi connectivity index (χ0v) is 18.9. The van der Waals surface area contributed by atoms with E-state index in [4.69, 9.17) is 0 Å². The molecule has 2 aliphatic heterocycles. The molecule has 0 saturated carbocycles. The molecule has 5 nitrogen and oxygen atoms in total. The first-order valence-corrected chi connectivity index (χ1v) is 10.1. The summed E-state index contributed by atoms with van der Waals surface area (Å²) < 4.78 is 0. The van der Waals surface area contributed by atoms with E-state index in [1.54, 1.807) is 0 Å². The molecule has 2 rings (SSSR count). The van der Waals surface area contributed by atoms with Crippen LogP contribution in [0.5, 0.6) is 0 Å². The molecule has 0 bridgehead atoms. The summed E-state index contributed by atoms with van der Waals surface area (Å²) in [5.41, 5.74) is 0. The Kier molecular flexibility index (Phi) is 12.1. The van der Waals surface area contributed by atoms with Crippen LogP contribution in [0.3, 0.4) is 0 Å². The lowest BCUT2D eigenvalue weighted by atomic mass is 10.0. The number of guanidine groups is 1. The molecule has 0 spiro atoms. The van der Waals surface area contributed by atoms with Crippen LogP contribution < -0.4 is 10.6 Å². The van der Waals surface area contributed by atoms with E-state index in [2.05, 4.69) is 39.3 Å². The van der Waals surface area contributed by atoms with Gasteiger partial charge >= 0.3 is 0 Å². The Morgan fingerprint density at radius 2 is 1.84 bits per heavy atom. The lowest BCUT2D eigenvalue weighted by Crippen LogP contribution is -2.43. The van der Waals surface area contributed by atoms with Gasteiger partial charge in [-0.25, -0.2) is 0 Å². The van der Waals surface area contributed by atoms with Crippen LogP contribution >= 0.6 is 24.0 Å². The second-order valence-electron chi connectivity index (χ2n) is 7.73. The van der Waals surface area contributed by atoms with Crippen LogP contribution in [-0.2, 0) is 0 Å². The monoisotopic (exact) mass is 465 g/mol. The van der Waals surface area contributed by atoms with Gasteiger partial charge in [0.15, 0.2) is 5.96 Å². The van der Waals surface area contributed by atoms with Gasteiger partial charge in [-0.05, 0) is 64.6 Å². The summed E-state index contributed by atoms with van der Waals surface area (Å²) >= 11 is 0. The molecule has 0 aromatic carbocycles. The number of hydrogen-bond donors (Lipinski definition) is 2. The molecule has 2 fully saturated rings. The number of halogens is 1. The van der Waals surface area contributed by atoms with Crippen LogP contribution in [0, 0.1) is 5.92 Å². The Bertz CT molecular complexity index is 371. The molecule has 0 aromatic heterocycles. The van der Waals surface area contributed by atoms with Crippen molar-refractivity contribution in [3.63, 3.8) is 0 Å². The average Bonchev–Trinajstić information content (AvgIpc) is 3.08. The van der Waals surface area contributed by atoms with Gasteiger partial charge in [0, 0.05) is 39.3 Å². The van der Waals surface area contributed by atoms with E-state index in [0.29, 0.717) is 5.92 Å². The highest BCUT2D eigenvalue weighted by Crippen LogP contribution is 2.16. The fourth-order valence-electron chi connectivity index (χ4n) is 3.94. The van der Waals surface area contributed by atoms with Crippen molar-refractivity contribution in [3.8, 4) is 0 Å². The summed E-state index contributed by atoms with van der Waals surface area (Å²) in [6.45, 7) is 13.0. The number of nitrogens with one attached hydrogen (secondary N) is 2. The maximum atomic E-state index is 4.36. The normalized spacial score (nSPS) is 24.0. The molecule has 0 amide bonds. The Labute approximate surface area is 172 Å². The zero-order chi connectivity index (χ0) is 17.2. The molecule has 2 atom stereocenters. The van der Waals surface area contributed by atoms with E-state index in [-0.39, 0.29) is 24.0 Å². The summed E-state index contributed by atoms with van der Waals surface area (Å²) in [6, 6.07) is 0.766. The van der Waals surface area contributed by atoms with Crippen molar-refractivity contribution in [3.05, 3.63) is 0 Å². The van der Waals surface area contributed by atoms with Gasteiger partial charge in [0.05, 0.1) is 0 Å². The van der Waals surface area contributed by atoms with Crippen LogP contribution in [0.25, 0.3) is 0 Å². The van der Waals surface area contributed by atoms with Crippen molar-refractivity contribution in [1.82, 2.24) is 20.4 Å². The standard InChI is InChI=1S/C19H39N5.HI/c1-17(16-23-11-6-7-12-23)15-22-19(20-3)21-10-8-14-24-13-5-4-9-18(24)2;/h17-18H,4-16H2,1-3H3,(H2,20,21,22);1H. The number of aliphatic imine (C=N–C) groups is 1. The van der Waals surface area contributed by atoms with Crippen LogP contribution in [0.15, 0.2) is 4.99 Å². The molecule has 2 aliphatic rings. The van der Waals surface area contributed by atoms with Crippen molar-refractivity contribution in [2.45, 2.75) is 58.4 Å². The summed E-state index contributed by atoms with van der Waals surface area (Å²) in [6.07, 6.45) is 8.08. The third-order valence-electron chi connectivity index (χ3n) is 5.47. The van der Waals surface area contributed by atoms with E-state index < -0.39 is 0 Å².